The van der Waals surface area contributed by atoms with Crippen LogP contribution in [-0.2, 0) is 11.2 Å². The van der Waals surface area contributed by atoms with Crippen LogP contribution in [0.15, 0.2) is 18.2 Å². The van der Waals surface area contributed by atoms with Crippen LogP contribution in [0.3, 0.4) is 0 Å². The molecule has 1 aromatic carbocycles. The summed E-state index contributed by atoms with van der Waals surface area (Å²) in [6.45, 7) is 2.95. The first-order chi connectivity index (χ1) is 13.6. The highest BCUT2D eigenvalue weighted by molar-refractivity contribution is 7.15. The van der Waals surface area contributed by atoms with E-state index in [1.54, 1.807) is 6.07 Å². The number of nitrogens with zero attached hydrogens (tertiary/aromatic N) is 3. The molecule has 3 heterocycles. The molecule has 2 aliphatic heterocycles. The Balaban J connectivity index is 1.49. The lowest BCUT2D eigenvalue weighted by Crippen LogP contribution is -2.36. The molecule has 0 radical (unpaired) electrons. The number of fused-ring (bicyclic) bond motifs is 1. The summed E-state index contributed by atoms with van der Waals surface area (Å²) in [6.07, 6.45) is 3.42. The van der Waals surface area contributed by atoms with Gasteiger partial charge in [0.05, 0.1) is 23.8 Å². The number of anilines is 1. The average Bonchev–Trinajstić information content (AvgIpc) is 3.41. The molecule has 0 saturated carbocycles. The zero-order valence-corrected chi connectivity index (χ0v) is 16.3. The van der Waals surface area contributed by atoms with Crippen molar-refractivity contribution in [2.45, 2.75) is 38.7 Å². The number of aryl methyl sites for hydroxylation is 1. The topological polar surface area (TPSA) is 101 Å². The Labute approximate surface area is 165 Å². The van der Waals surface area contributed by atoms with E-state index < -0.39 is 0 Å². The van der Waals surface area contributed by atoms with E-state index in [1.807, 2.05) is 6.92 Å². The van der Waals surface area contributed by atoms with Crippen LogP contribution in [0.2, 0.25) is 0 Å². The van der Waals surface area contributed by atoms with Gasteiger partial charge in [-0.15, -0.1) is 10.2 Å². The first kappa shape index (κ1) is 18.7. The van der Waals surface area contributed by atoms with Crippen molar-refractivity contribution in [3.05, 3.63) is 39.9 Å². The van der Waals surface area contributed by atoms with Gasteiger partial charge in [0.2, 0.25) is 5.13 Å². The first-order valence-electron chi connectivity index (χ1n) is 9.32. The third kappa shape index (κ3) is 3.55. The number of hydrogen-bond donors (Lipinski definition) is 1. The summed E-state index contributed by atoms with van der Waals surface area (Å²) in [5.41, 5.74) is 0.867. The highest BCUT2D eigenvalue weighted by Crippen LogP contribution is 2.26. The molecule has 0 aliphatic carbocycles. The third-order valence-electron chi connectivity index (χ3n) is 4.79. The largest absolute Gasteiger partial charge is 0.376 e. The fourth-order valence-corrected chi connectivity index (χ4v) is 4.21. The number of carbonyl (C=O) groups excluding carboxylic acids is 3. The van der Waals surface area contributed by atoms with Crippen molar-refractivity contribution < 1.29 is 19.1 Å². The smallest absolute Gasteiger partial charge is 0.261 e. The van der Waals surface area contributed by atoms with Gasteiger partial charge >= 0.3 is 0 Å². The number of hydrogen-bond acceptors (Lipinski definition) is 7. The maximum absolute atomic E-state index is 12.7. The van der Waals surface area contributed by atoms with Gasteiger partial charge in [-0.05, 0) is 37.5 Å². The Morgan fingerprint density at radius 1 is 1.29 bits per heavy atom. The molecule has 1 aromatic heterocycles. The molecule has 1 fully saturated rings. The predicted octanol–water partition coefficient (Wildman–Crippen LogP) is 2.52. The number of nitrogens with one attached hydrogen (secondary N) is 1. The molecule has 4 rings (SSSR count). The van der Waals surface area contributed by atoms with Crippen LogP contribution in [0.25, 0.3) is 0 Å². The Morgan fingerprint density at radius 2 is 2.11 bits per heavy atom. The van der Waals surface area contributed by atoms with E-state index in [0.29, 0.717) is 22.9 Å². The van der Waals surface area contributed by atoms with Gasteiger partial charge in [-0.25, -0.2) is 0 Å². The van der Waals surface area contributed by atoms with Gasteiger partial charge in [-0.2, -0.15) is 0 Å². The molecule has 3 amide bonds. The summed E-state index contributed by atoms with van der Waals surface area (Å²) < 4.78 is 5.54. The maximum Gasteiger partial charge on any atom is 0.261 e. The second-order valence-electron chi connectivity index (χ2n) is 6.82. The number of benzene rings is 1. The van der Waals surface area contributed by atoms with E-state index in [4.69, 9.17) is 4.74 Å². The van der Waals surface area contributed by atoms with Crippen molar-refractivity contribution in [3.8, 4) is 0 Å². The molecule has 28 heavy (non-hydrogen) atoms. The average molecular weight is 400 g/mol. The first-order valence-corrected chi connectivity index (χ1v) is 10.1. The van der Waals surface area contributed by atoms with E-state index in [9.17, 15) is 14.4 Å². The number of carbonyl (C=O) groups is 3. The van der Waals surface area contributed by atoms with Gasteiger partial charge in [0.1, 0.15) is 5.01 Å². The Morgan fingerprint density at radius 3 is 2.86 bits per heavy atom. The van der Waals surface area contributed by atoms with Crippen molar-refractivity contribution in [2.75, 3.05) is 18.5 Å². The summed E-state index contributed by atoms with van der Waals surface area (Å²) in [7, 11) is 0. The van der Waals surface area contributed by atoms with Gasteiger partial charge in [-0.1, -0.05) is 18.3 Å². The second-order valence-corrected chi connectivity index (χ2v) is 7.88. The van der Waals surface area contributed by atoms with Crippen molar-refractivity contribution in [1.29, 1.82) is 0 Å². The zero-order chi connectivity index (χ0) is 19.7. The Kier molecular flexibility index (Phi) is 5.19. The van der Waals surface area contributed by atoms with Gasteiger partial charge < -0.3 is 4.74 Å². The highest BCUT2D eigenvalue weighted by atomic mass is 32.1. The molecule has 146 valence electrons. The fourth-order valence-electron chi connectivity index (χ4n) is 3.38. The molecule has 1 unspecified atom stereocenters. The third-order valence-corrected chi connectivity index (χ3v) is 5.69. The van der Waals surface area contributed by atoms with E-state index >= 15 is 0 Å². The molecule has 2 aromatic rings. The van der Waals surface area contributed by atoms with Gasteiger partial charge in [-0.3, -0.25) is 24.6 Å². The van der Waals surface area contributed by atoms with Crippen LogP contribution in [0, 0.1) is 0 Å². The molecular weight excluding hydrogens is 380 g/mol. The normalized spacial score (nSPS) is 18.6. The summed E-state index contributed by atoms with van der Waals surface area (Å²) >= 11 is 1.33. The van der Waals surface area contributed by atoms with Crippen molar-refractivity contribution >= 4 is 34.2 Å². The molecule has 1 atom stereocenters. The molecule has 9 heteroatoms. The van der Waals surface area contributed by atoms with Crippen LogP contribution in [0.5, 0.6) is 0 Å². The van der Waals surface area contributed by atoms with Gasteiger partial charge in [0.25, 0.3) is 17.7 Å². The van der Waals surface area contributed by atoms with Gasteiger partial charge in [0.15, 0.2) is 0 Å². The summed E-state index contributed by atoms with van der Waals surface area (Å²) in [4.78, 5) is 39.0. The lowest BCUT2D eigenvalue weighted by molar-refractivity contribution is 0.0475. The predicted molar refractivity (Wildman–Crippen MR) is 103 cm³/mol. The lowest BCUT2D eigenvalue weighted by atomic mass is 10.1. The lowest BCUT2D eigenvalue weighted by Gasteiger charge is -2.17. The van der Waals surface area contributed by atoms with Gasteiger partial charge in [0, 0.05) is 18.6 Å². The van der Waals surface area contributed by atoms with Crippen molar-refractivity contribution in [2.24, 2.45) is 0 Å². The van der Waals surface area contributed by atoms with Crippen LogP contribution in [0.1, 0.15) is 62.3 Å². The standard InChI is InChI=1S/C19H20N4O4S/c1-2-4-15-21-22-19(28-15)20-16(24)11-6-7-13-14(9-11)18(26)23(17(13)25)10-12-5-3-8-27-12/h6-7,9,12H,2-5,8,10H2,1H3,(H,20,22,24). The van der Waals surface area contributed by atoms with E-state index in [0.717, 1.165) is 30.7 Å². The minimum atomic E-state index is -0.389. The number of ether oxygens (including phenoxy) is 1. The second kappa shape index (κ2) is 7.76. The minimum Gasteiger partial charge on any atom is -0.376 e. The fraction of sp³-hybridized carbons (Fsp3) is 0.421. The Bertz CT molecular complexity index is 936. The molecule has 2 aliphatic rings. The van der Waals surface area contributed by atoms with Crippen molar-refractivity contribution in [1.82, 2.24) is 15.1 Å². The summed E-state index contributed by atoms with van der Waals surface area (Å²) in [5.74, 6) is -1.11. The number of imide groups is 1. The van der Waals surface area contributed by atoms with Crippen LogP contribution in [0.4, 0.5) is 5.13 Å². The van der Waals surface area contributed by atoms with E-state index in [2.05, 4.69) is 15.5 Å². The van der Waals surface area contributed by atoms with E-state index in [-0.39, 0.29) is 35.9 Å². The van der Waals surface area contributed by atoms with Crippen molar-refractivity contribution in [3.63, 3.8) is 0 Å². The summed E-state index contributed by atoms with van der Waals surface area (Å²) in [6, 6.07) is 4.54. The quantitative estimate of drug-likeness (QED) is 0.748. The minimum absolute atomic E-state index is 0.111. The van der Waals surface area contributed by atoms with Crippen LogP contribution < -0.4 is 5.32 Å². The SMILES string of the molecule is CCCc1nnc(NC(=O)c2ccc3c(c2)C(=O)N(CC2CCCO2)C3=O)s1. The molecule has 8 nitrogen and oxygen atoms in total. The monoisotopic (exact) mass is 400 g/mol. The highest BCUT2D eigenvalue weighted by Gasteiger charge is 2.38. The Hall–Kier alpha value is -2.65. The molecule has 1 N–H and O–H groups in total. The number of aromatic nitrogens is 2. The molecule has 1 saturated heterocycles. The molecular formula is C19H20N4O4S. The van der Waals surface area contributed by atoms with Crippen LogP contribution in [-0.4, -0.2) is 52.1 Å². The summed E-state index contributed by atoms with van der Waals surface area (Å²) in [5, 5.41) is 12.0. The maximum atomic E-state index is 12.7. The molecule has 0 bridgehead atoms. The van der Waals surface area contributed by atoms with Crippen LogP contribution >= 0.6 is 11.3 Å². The number of amides is 3. The molecule has 0 spiro atoms. The van der Waals surface area contributed by atoms with E-state index in [1.165, 1.54) is 28.4 Å². The zero-order valence-electron chi connectivity index (χ0n) is 15.4. The number of rotatable bonds is 6.